The van der Waals surface area contributed by atoms with E-state index in [-0.39, 0.29) is 0 Å². The maximum atomic E-state index is 9.35. The van der Waals surface area contributed by atoms with Gasteiger partial charge in [-0.3, -0.25) is 0 Å². The van der Waals surface area contributed by atoms with E-state index in [2.05, 4.69) is 5.32 Å². The largest absolute Gasteiger partial charge is 0.394 e. The van der Waals surface area contributed by atoms with Crippen molar-refractivity contribution in [3.63, 3.8) is 0 Å². The molecule has 0 bridgehead atoms. The zero-order valence-corrected chi connectivity index (χ0v) is 6.60. The predicted molar refractivity (Wildman–Crippen MR) is 42.2 cm³/mol. The van der Waals surface area contributed by atoms with Crippen LogP contribution in [0.1, 0.15) is 13.8 Å². The summed E-state index contributed by atoms with van der Waals surface area (Å²) in [6.45, 7) is 3.28. The average molecular weight is 142 g/mol. The molecule has 0 aliphatic heterocycles. The number of hydrogen-bond donors (Lipinski definition) is 3. The number of rotatable bonds is 3. The summed E-state index contributed by atoms with van der Waals surface area (Å²) >= 11 is 0. The van der Waals surface area contributed by atoms with Crippen molar-refractivity contribution in [1.29, 1.82) is 5.41 Å². The lowest BCUT2D eigenvalue weighted by molar-refractivity contribution is 0.126. The summed E-state index contributed by atoms with van der Waals surface area (Å²) in [5.41, 5.74) is -0.361. The van der Waals surface area contributed by atoms with Gasteiger partial charge in [-0.2, -0.15) is 0 Å². The van der Waals surface area contributed by atoms with Crippen molar-refractivity contribution in [2.45, 2.75) is 19.4 Å². The van der Waals surface area contributed by atoms with Crippen molar-refractivity contribution in [2.75, 3.05) is 7.05 Å². The third-order valence-electron chi connectivity index (χ3n) is 1.16. The molecule has 3 N–H and O–H groups in total. The summed E-state index contributed by atoms with van der Waals surface area (Å²) in [5, 5.41) is 19.0. The molecule has 0 fully saturated rings. The van der Waals surface area contributed by atoms with E-state index in [1.807, 2.05) is 0 Å². The van der Waals surface area contributed by atoms with Gasteiger partial charge in [0.25, 0.3) is 0 Å². The molecule has 10 heavy (non-hydrogen) atoms. The molecule has 3 nitrogen and oxygen atoms in total. The summed E-state index contributed by atoms with van der Waals surface area (Å²) in [6.07, 6.45) is 2.74. The third-order valence-corrected chi connectivity index (χ3v) is 1.16. The molecule has 0 aliphatic rings. The second-order valence-corrected chi connectivity index (χ2v) is 2.59. The highest BCUT2D eigenvalue weighted by Crippen LogP contribution is 2.11. The minimum atomic E-state index is -0.926. The minimum absolute atomic E-state index is 0.565. The monoisotopic (exact) mass is 142 g/mol. The lowest BCUT2D eigenvalue weighted by Gasteiger charge is -2.17. The fraction of sp³-hybridized carbons (Fsp3) is 0.571. The van der Waals surface area contributed by atoms with Gasteiger partial charge in [-0.05, 0) is 13.8 Å². The van der Waals surface area contributed by atoms with E-state index in [1.165, 1.54) is 0 Å². The van der Waals surface area contributed by atoms with Crippen molar-refractivity contribution < 1.29 is 5.11 Å². The Morgan fingerprint density at radius 3 is 2.20 bits per heavy atom. The van der Waals surface area contributed by atoms with E-state index in [0.29, 0.717) is 5.57 Å². The van der Waals surface area contributed by atoms with Crippen LogP contribution in [-0.4, -0.2) is 24.0 Å². The van der Waals surface area contributed by atoms with Crippen LogP contribution in [0, 0.1) is 5.41 Å². The molecule has 0 aromatic rings. The lowest BCUT2D eigenvalue weighted by atomic mass is 10.0. The normalized spacial score (nSPS) is 13.0. The maximum Gasteiger partial charge on any atom is 0.0869 e. The van der Waals surface area contributed by atoms with Gasteiger partial charge < -0.3 is 15.8 Å². The fourth-order valence-corrected chi connectivity index (χ4v) is 0.550. The molecule has 0 atom stereocenters. The van der Waals surface area contributed by atoms with Crippen LogP contribution in [0.5, 0.6) is 0 Å². The second kappa shape index (κ2) is 3.37. The quantitative estimate of drug-likeness (QED) is 0.503. The Labute approximate surface area is 61.3 Å². The molecule has 0 radical (unpaired) electrons. The molecule has 0 aliphatic carbocycles. The van der Waals surface area contributed by atoms with Crippen LogP contribution in [0.4, 0.5) is 0 Å². The molecule has 0 aromatic heterocycles. The second-order valence-electron chi connectivity index (χ2n) is 2.59. The van der Waals surface area contributed by atoms with E-state index in [4.69, 9.17) is 5.41 Å². The minimum Gasteiger partial charge on any atom is -0.394 e. The summed E-state index contributed by atoms with van der Waals surface area (Å²) in [6, 6.07) is 0. The van der Waals surface area contributed by atoms with Gasteiger partial charge in [0.2, 0.25) is 0 Å². The highest BCUT2D eigenvalue weighted by atomic mass is 16.3. The highest BCUT2D eigenvalue weighted by molar-refractivity contribution is 5.78. The van der Waals surface area contributed by atoms with Crippen molar-refractivity contribution in [1.82, 2.24) is 5.32 Å². The Balaban J connectivity index is 4.36. The molecule has 0 saturated heterocycles. The first-order valence-electron chi connectivity index (χ1n) is 3.13. The Hall–Kier alpha value is -0.830. The molecule has 3 heteroatoms. The van der Waals surface area contributed by atoms with Crippen molar-refractivity contribution in [3.05, 3.63) is 11.8 Å². The zero-order chi connectivity index (χ0) is 8.20. The average Bonchev–Trinajstić information content (AvgIpc) is 1.80. The first-order chi connectivity index (χ1) is 4.52. The standard InChI is InChI=1S/C7H14N2O/c1-7(2,10)6(4-8)5-9-3/h4-5,8-10H,1-3H3/b6-5+,8-4?. The van der Waals surface area contributed by atoms with Gasteiger partial charge >= 0.3 is 0 Å². The lowest BCUT2D eigenvalue weighted by Crippen LogP contribution is -2.24. The Kier molecular flexibility index (Phi) is 3.09. The number of aliphatic hydroxyl groups is 1. The molecule has 0 aromatic carbocycles. The van der Waals surface area contributed by atoms with Crippen LogP contribution in [0.3, 0.4) is 0 Å². The van der Waals surface area contributed by atoms with Crippen LogP contribution in [-0.2, 0) is 0 Å². The summed E-state index contributed by atoms with van der Waals surface area (Å²) < 4.78 is 0. The van der Waals surface area contributed by atoms with Gasteiger partial charge in [-0.1, -0.05) is 0 Å². The number of nitrogens with one attached hydrogen (secondary N) is 2. The first-order valence-corrected chi connectivity index (χ1v) is 3.13. The van der Waals surface area contributed by atoms with Crippen LogP contribution in [0.15, 0.2) is 11.8 Å². The Bertz CT molecular complexity index is 144. The smallest absolute Gasteiger partial charge is 0.0869 e. The molecule has 58 valence electrons. The topological polar surface area (TPSA) is 56.1 Å². The summed E-state index contributed by atoms with van der Waals surface area (Å²) in [7, 11) is 1.73. The van der Waals surface area contributed by atoms with Gasteiger partial charge in [-0.25, -0.2) is 0 Å². The van der Waals surface area contributed by atoms with E-state index < -0.39 is 5.60 Å². The fourth-order valence-electron chi connectivity index (χ4n) is 0.550. The Morgan fingerprint density at radius 1 is 1.60 bits per heavy atom. The zero-order valence-electron chi connectivity index (χ0n) is 6.60. The van der Waals surface area contributed by atoms with Crippen LogP contribution < -0.4 is 5.32 Å². The van der Waals surface area contributed by atoms with Crippen molar-refractivity contribution in [2.24, 2.45) is 0 Å². The van der Waals surface area contributed by atoms with E-state index in [0.717, 1.165) is 6.21 Å². The SMILES string of the molecule is CN/C=C(\C=N)C(C)(C)O. The first kappa shape index (κ1) is 9.17. The van der Waals surface area contributed by atoms with Crippen LogP contribution in [0.25, 0.3) is 0 Å². The molecular weight excluding hydrogens is 128 g/mol. The predicted octanol–water partition coefficient (Wildman–Crippen LogP) is 0.510. The molecule has 0 heterocycles. The van der Waals surface area contributed by atoms with E-state index in [9.17, 15) is 5.11 Å². The Morgan fingerprint density at radius 2 is 2.10 bits per heavy atom. The molecule has 0 unspecified atom stereocenters. The number of hydrogen-bond acceptors (Lipinski definition) is 3. The van der Waals surface area contributed by atoms with Gasteiger partial charge in [0.15, 0.2) is 0 Å². The van der Waals surface area contributed by atoms with Gasteiger partial charge in [-0.15, -0.1) is 0 Å². The third kappa shape index (κ3) is 2.64. The van der Waals surface area contributed by atoms with Gasteiger partial charge in [0, 0.05) is 25.0 Å². The summed E-state index contributed by atoms with van der Waals surface area (Å²) in [5.74, 6) is 0. The van der Waals surface area contributed by atoms with Crippen molar-refractivity contribution >= 4 is 6.21 Å². The molecule has 0 rings (SSSR count). The molecule has 0 spiro atoms. The molecule has 0 amide bonds. The van der Waals surface area contributed by atoms with E-state index in [1.54, 1.807) is 27.1 Å². The molecule has 0 saturated carbocycles. The van der Waals surface area contributed by atoms with Gasteiger partial charge in [0.1, 0.15) is 0 Å². The van der Waals surface area contributed by atoms with Gasteiger partial charge in [0.05, 0.1) is 5.60 Å². The highest BCUT2D eigenvalue weighted by Gasteiger charge is 2.16. The molecular formula is C7H14N2O. The maximum absolute atomic E-state index is 9.35. The van der Waals surface area contributed by atoms with E-state index >= 15 is 0 Å². The van der Waals surface area contributed by atoms with Crippen LogP contribution in [0.2, 0.25) is 0 Å². The van der Waals surface area contributed by atoms with Crippen LogP contribution >= 0.6 is 0 Å². The summed E-state index contributed by atoms with van der Waals surface area (Å²) in [4.78, 5) is 0. The van der Waals surface area contributed by atoms with Crippen molar-refractivity contribution in [3.8, 4) is 0 Å².